The molecule has 2 saturated heterocycles. The third-order valence-corrected chi connectivity index (χ3v) is 7.43. The molecule has 4 amide bonds. The van der Waals surface area contributed by atoms with Crippen molar-refractivity contribution < 1.29 is 19.2 Å². The highest BCUT2D eigenvalue weighted by atomic mass is 33.1. The van der Waals surface area contributed by atoms with Crippen LogP contribution in [0.2, 0.25) is 0 Å². The zero-order valence-electron chi connectivity index (χ0n) is 17.1. The molecule has 0 aliphatic carbocycles. The van der Waals surface area contributed by atoms with Crippen molar-refractivity contribution in [1.29, 1.82) is 0 Å². The van der Waals surface area contributed by atoms with Crippen LogP contribution in [0.15, 0.2) is 0 Å². The number of likely N-dealkylation sites (tertiary alicyclic amines) is 2. The second-order valence-corrected chi connectivity index (χ2v) is 9.89. The van der Waals surface area contributed by atoms with E-state index < -0.39 is 12.1 Å². The molecule has 2 unspecified atom stereocenters. The second kappa shape index (κ2) is 13.0. The number of carbonyl (C=O) groups excluding carboxylic acids is 4. The van der Waals surface area contributed by atoms with E-state index in [2.05, 4.69) is 10.6 Å². The van der Waals surface area contributed by atoms with Crippen LogP contribution in [0, 0.1) is 0 Å². The highest BCUT2D eigenvalue weighted by Gasteiger charge is 2.21. The van der Waals surface area contributed by atoms with Gasteiger partial charge >= 0.3 is 0 Å². The molecule has 0 spiro atoms. The summed E-state index contributed by atoms with van der Waals surface area (Å²) < 4.78 is 0. The highest BCUT2D eigenvalue weighted by molar-refractivity contribution is 8.76. The van der Waals surface area contributed by atoms with Crippen molar-refractivity contribution in [2.75, 3.05) is 50.8 Å². The molecule has 0 aromatic rings. The third kappa shape index (κ3) is 8.32. The van der Waals surface area contributed by atoms with Gasteiger partial charge in [0.15, 0.2) is 0 Å². The lowest BCUT2D eigenvalue weighted by atomic mass is 10.3. The first kappa shape index (κ1) is 24.8. The minimum atomic E-state index is -0.667. The van der Waals surface area contributed by atoms with Crippen molar-refractivity contribution in [1.82, 2.24) is 20.4 Å². The molecular weight excluding hydrogens is 428 g/mol. The first-order valence-electron chi connectivity index (χ1n) is 10.2. The maximum atomic E-state index is 12.0. The lowest BCUT2D eigenvalue weighted by Crippen LogP contribution is -2.45. The Morgan fingerprint density at radius 2 is 1.23 bits per heavy atom. The Kier molecular flexibility index (Phi) is 10.8. The summed E-state index contributed by atoms with van der Waals surface area (Å²) in [7, 11) is 2.79. The monoisotopic (exact) mass is 460 g/mol. The first-order chi connectivity index (χ1) is 14.4. The standard InChI is InChI=1S/C18H32N6O4S2/c19-13(17(27)21-5-9-23-7-1-3-15(23)25)11-29-30-12-14(20)18(28)22-6-10-24-8-2-4-16(24)26/h13-14H,1-12,19-20H2,(H,21,27)(H,22,28). The minimum absolute atomic E-state index is 0.130. The predicted molar refractivity (Wildman–Crippen MR) is 119 cm³/mol. The van der Waals surface area contributed by atoms with Crippen LogP contribution >= 0.6 is 21.6 Å². The van der Waals surface area contributed by atoms with Crippen LogP contribution in [0.5, 0.6) is 0 Å². The lowest BCUT2D eigenvalue weighted by Gasteiger charge is -2.18. The molecule has 0 radical (unpaired) electrons. The Bertz CT molecular complexity index is 571. The smallest absolute Gasteiger partial charge is 0.237 e. The number of amides is 4. The fourth-order valence-corrected chi connectivity index (χ4v) is 5.41. The number of nitrogens with zero attached hydrogens (tertiary/aromatic N) is 2. The van der Waals surface area contributed by atoms with Crippen LogP contribution in [-0.4, -0.2) is 96.3 Å². The number of carbonyl (C=O) groups is 4. The molecule has 30 heavy (non-hydrogen) atoms. The van der Waals surface area contributed by atoms with Gasteiger partial charge in [0, 0.05) is 63.6 Å². The number of hydrogen-bond acceptors (Lipinski definition) is 8. The van der Waals surface area contributed by atoms with Gasteiger partial charge in [-0.1, -0.05) is 21.6 Å². The summed E-state index contributed by atoms with van der Waals surface area (Å²) >= 11 is 0. The van der Waals surface area contributed by atoms with E-state index in [-0.39, 0.29) is 23.6 Å². The van der Waals surface area contributed by atoms with Crippen LogP contribution in [0.1, 0.15) is 25.7 Å². The second-order valence-electron chi connectivity index (χ2n) is 7.33. The Morgan fingerprint density at radius 1 is 0.833 bits per heavy atom. The number of nitrogens with one attached hydrogen (secondary N) is 2. The molecule has 170 valence electrons. The fourth-order valence-electron chi connectivity index (χ4n) is 3.17. The molecule has 2 rings (SSSR count). The molecule has 2 aliphatic heterocycles. The van der Waals surface area contributed by atoms with E-state index in [1.54, 1.807) is 9.80 Å². The van der Waals surface area contributed by atoms with E-state index in [0.717, 1.165) is 25.9 Å². The Balaban J connectivity index is 1.49. The molecule has 2 fully saturated rings. The van der Waals surface area contributed by atoms with Crippen LogP contribution in [0.3, 0.4) is 0 Å². The Hall–Kier alpha value is -1.50. The maximum absolute atomic E-state index is 12.0. The highest BCUT2D eigenvalue weighted by Crippen LogP contribution is 2.22. The predicted octanol–water partition coefficient (Wildman–Crippen LogP) is -1.50. The largest absolute Gasteiger partial charge is 0.353 e. The number of nitrogens with two attached hydrogens (primary N) is 2. The summed E-state index contributed by atoms with van der Waals surface area (Å²) in [4.78, 5) is 50.5. The molecule has 0 saturated carbocycles. The van der Waals surface area contributed by atoms with Crippen molar-refractivity contribution in [3.8, 4) is 0 Å². The molecule has 0 bridgehead atoms. The third-order valence-electron chi connectivity index (χ3n) is 4.96. The summed E-state index contributed by atoms with van der Waals surface area (Å²) in [6.07, 6.45) is 2.91. The zero-order chi connectivity index (χ0) is 21.9. The number of rotatable bonds is 13. The van der Waals surface area contributed by atoms with Gasteiger partial charge < -0.3 is 31.9 Å². The fraction of sp³-hybridized carbons (Fsp3) is 0.778. The van der Waals surface area contributed by atoms with Crippen LogP contribution < -0.4 is 22.1 Å². The molecule has 2 aliphatic rings. The van der Waals surface area contributed by atoms with E-state index in [0.29, 0.717) is 50.5 Å². The van der Waals surface area contributed by atoms with Crippen molar-refractivity contribution in [3.63, 3.8) is 0 Å². The minimum Gasteiger partial charge on any atom is -0.353 e. The van der Waals surface area contributed by atoms with Crippen molar-refractivity contribution in [3.05, 3.63) is 0 Å². The van der Waals surface area contributed by atoms with Gasteiger partial charge in [-0.05, 0) is 12.8 Å². The normalized spacial score (nSPS) is 18.6. The van der Waals surface area contributed by atoms with E-state index >= 15 is 0 Å². The molecule has 2 atom stereocenters. The Labute approximate surface area is 185 Å². The van der Waals surface area contributed by atoms with Gasteiger partial charge in [0.2, 0.25) is 23.6 Å². The van der Waals surface area contributed by atoms with Crippen molar-refractivity contribution >= 4 is 45.2 Å². The number of hydrogen-bond donors (Lipinski definition) is 4. The summed E-state index contributed by atoms with van der Waals surface area (Å²) in [5, 5.41) is 5.50. The van der Waals surface area contributed by atoms with Crippen molar-refractivity contribution in [2.45, 2.75) is 37.8 Å². The maximum Gasteiger partial charge on any atom is 0.237 e. The zero-order valence-corrected chi connectivity index (χ0v) is 18.8. The quantitative estimate of drug-likeness (QED) is 0.191. The van der Waals surface area contributed by atoms with E-state index in [9.17, 15) is 19.2 Å². The van der Waals surface area contributed by atoms with E-state index in [1.807, 2.05) is 0 Å². The summed E-state index contributed by atoms with van der Waals surface area (Å²) in [6, 6.07) is -1.33. The summed E-state index contributed by atoms with van der Waals surface area (Å²) in [5.74, 6) is 0.534. The van der Waals surface area contributed by atoms with Gasteiger partial charge in [-0.25, -0.2) is 0 Å². The van der Waals surface area contributed by atoms with Crippen LogP contribution in [-0.2, 0) is 19.2 Å². The van der Waals surface area contributed by atoms with Gasteiger partial charge in [0.25, 0.3) is 0 Å². The summed E-state index contributed by atoms with van der Waals surface area (Å²) in [5.41, 5.74) is 11.8. The lowest BCUT2D eigenvalue weighted by molar-refractivity contribution is -0.128. The molecular formula is C18H32N6O4S2. The molecule has 0 aromatic carbocycles. The first-order valence-corrected chi connectivity index (χ1v) is 12.7. The van der Waals surface area contributed by atoms with Gasteiger partial charge in [-0.2, -0.15) is 0 Å². The molecule has 6 N–H and O–H groups in total. The topological polar surface area (TPSA) is 151 Å². The Morgan fingerprint density at radius 3 is 1.57 bits per heavy atom. The van der Waals surface area contributed by atoms with Gasteiger partial charge in [0.1, 0.15) is 0 Å². The molecule has 2 heterocycles. The van der Waals surface area contributed by atoms with Crippen molar-refractivity contribution in [2.24, 2.45) is 11.5 Å². The molecule has 0 aromatic heterocycles. The van der Waals surface area contributed by atoms with Crippen LogP contribution in [0.25, 0.3) is 0 Å². The van der Waals surface area contributed by atoms with Gasteiger partial charge in [-0.15, -0.1) is 0 Å². The van der Waals surface area contributed by atoms with E-state index in [4.69, 9.17) is 11.5 Å². The van der Waals surface area contributed by atoms with Crippen LogP contribution in [0.4, 0.5) is 0 Å². The van der Waals surface area contributed by atoms with Gasteiger partial charge in [-0.3, -0.25) is 19.2 Å². The summed E-state index contributed by atoms with van der Waals surface area (Å²) in [6.45, 7) is 3.30. The average molecular weight is 461 g/mol. The SMILES string of the molecule is NC(CSSCC(N)C(=O)NCCN1CCCC1=O)C(=O)NCCN1CCCC1=O. The van der Waals surface area contributed by atoms with E-state index in [1.165, 1.54) is 21.6 Å². The molecule has 12 heteroatoms. The van der Waals surface area contributed by atoms with Gasteiger partial charge in [0.05, 0.1) is 12.1 Å². The molecule has 10 nitrogen and oxygen atoms in total. The average Bonchev–Trinajstić information content (AvgIpc) is 3.32.